The van der Waals surface area contributed by atoms with E-state index in [2.05, 4.69) is 0 Å². The molecule has 0 amide bonds. The Labute approximate surface area is 232 Å². The summed E-state index contributed by atoms with van der Waals surface area (Å²) in [5, 5.41) is 35.3. The zero-order chi connectivity index (χ0) is 30.2. The summed E-state index contributed by atoms with van der Waals surface area (Å²) in [7, 11) is 0. The van der Waals surface area contributed by atoms with E-state index in [9.17, 15) is 34.5 Å². The molecule has 2 saturated carbocycles. The van der Waals surface area contributed by atoms with Crippen molar-refractivity contribution in [1.82, 2.24) is 0 Å². The predicted octanol–water partition coefficient (Wildman–Crippen LogP) is 0.721. The van der Waals surface area contributed by atoms with E-state index in [1.807, 2.05) is 0 Å². The van der Waals surface area contributed by atoms with Gasteiger partial charge in [-0.25, -0.2) is 0 Å². The third-order valence-electron chi connectivity index (χ3n) is 9.74. The normalized spacial score (nSPS) is 43.5. The molecule has 0 radical (unpaired) electrons. The lowest BCUT2D eigenvalue weighted by Gasteiger charge is -2.64. The highest BCUT2D eigenvalue weighted by molar-refractivity contribution is 5.69. The van der Waals surface area contributed by atoms with Crippen LogP contribution in [-0.2, 0) is 42.9 Å². The second kappa shape index (κ2) is 9.78. The van der Waals surface area contributed by atoms with Crippen molar-refractivity contribution in [2.45, 2.75) is 116 Å². The van der Waals surface area contributed by atoms with Gasteiger partial charge in [0.15, 0.2) is 17.8 Å². The first-order valence-electron chi connectivity index (χ1n) is 13.5. The molecule has 224 valence electrons. The Hall–Kier alpha value is -2.54. The second-order valence-electron chi connectivity index (χ2n) is 12.4. The van der Waals surface area contributed by atoms with E-state index < -0.39 is 88.5 Å². The molecule has 1 aliphatic heterocycles. The van der Waals surface area contributed by atoms with E-state index >= 15 is 0 Å². The van der Waals surface area contributed by atoms with E-state index in [0.717, 1.165) is 0 Å². The summed E-state index contributed by atoms with van der Waals surface area (Å²) in [6.07, 6.45) is -8.14. The van der Waals surface area contributed by atoms with Gasteiger partial charge in [-0.2, -0.15) is 0 Å². The first-order chi connectivity index (χ1) is 18.3. The molecule has 2 bridgehead atoms. The lowest BCUT2D eigenvalue weighted by atomic mass is 9.45. The van der Waals surface area contributed by atoms with Gasteiger partial charge in [0.2, 0.25) is 0 Å². The highest BCUT2D eigenvalue weighted by Crippen LogP contribution is 2.66. The molecule has 1 heterocycles. The topological polar surface area (TPSA) is 175 Å². The maximum atomic E-state index is 12.7. The number of ether oxygens (including phenoxy) is 5. The zero-order valence-electron chi connectivity index (χ0n) is 24.2. The number of hydrogen-bond acceptors (Lipinski definition) is 12. The molecule has 3 N–H and O–H groups in total. The van der Waals surface area contributed by atoms with Crippen LogP contribution in [0.1, 0.15) is 68.2 Å². The van der Waals surface area contributed by atoms with Crippen molar-refractivity contribution in [2.24, 2.45) is 16.7 Å². The Morgan fingerprint density at radius 3 is 2.00 bits per heavy atom. The summed E-state index contributed by atoms with van der Waals surface area (Å²) in [4.78, 5) is 50.1. The zero-order valence-corrected chi connectivity index (χ0v) is 24.2. The van der Waals surface area contributed by atoms with Crippen molar-refractivity contribution < 1.29 is 58.2 Å². The molecule has 0 aromatic heterocycles. The molecule has 10 atom stereocenters. The molecule has 40 heavy (non-hydrogen) atoms. The molecule has 12 heteroatoms. The summed E-state index contributed by atoms with van der Waals surface area (Å²) in [5.74, 6) is -4.04. The highest BCUT2D eigenvalue weighted by Gasteiger charge is 2.78. The molecule has 12 nitrogen and oxygen atoms in total. The van der Waals surface area contributed by atoms with Crippen LogP contribution in [0.5, 0.6) is 0 Å². The lowest BCUT2D eigenvalue weighted by molar-refractivity contribution is -0.279. The fourth-order valence-electron chi connectivity index (χ4n) is 8.06. The predicted molar refractivity (Wildman–Crippen MR) is 135 cm³/mol. The summed E-state index contributed by atoms with van der Waals surface area (Å²) in [6, 6.07) is 0. The molecule has 4 aliphatic rings. The van der Waals surface area contributed by atoms with Gasteiger partial charge >= 0.3 is 23.9 Å². The van der Waals surface area contributed by atoms with E-state index in [0.29, 0.717) is 11.1 Å². The van der Waals surface area contributed by atoms with Gasteiger partial charge in [-0.3, -0.25) is 19.2 Å². The monoisotopic (exact) mass is 568 g/mol. The van der Waals surface area contributed by atoms with Crippen molar-refractivity contribution in [1.29, 1.82) is 0 Å². The average molecular weight is 569 g/mol. The van der Waals surface area contributed by atoms with Crippen LogP contribution in [-0.4, -0.2) is 93.6 Å². The van der Waals surface area contributed by atoms with Crippen LogP contribution >= 0.6 is 0 Å². The Morgan fingerprint density at radius 1 is 0.900 bits per heavy atom. The fraction of sp³-hybridized carbons (Fsp3) is 0.786. The van der Waals surface area contributed by atoms with Crippen molar-refractivity contribution >= 4 is 23.9 Å². The second-order valence-corrected chi connectivity index (χ2v) is 12.4. The van der Waals surface area contributed by atoms with Gasteiger partial charge in [-0.05, 0) is 18.1 Å². The molecule has 0 aromatic rings. The molecular weight excluding hydrogens is 528 g/mol. The van der Waals surface area contributed by atoms with Gasteiger partial charge in [-0.15, -0.1) is 0 Å². The molecule has 0 aromatic carbocycles. The average Bonchev–Trinajstić information content (AvgIpc) is 3.19. The first-order valence-corrected chi connectivity index (χ1v) is 13.5. The Bertz CT molecular complexity index is 1140. The molecular formula is C28H40O12. The maximum Gasteiger partial charge on any atom is 0.303 e. The van der Waals surface area contributed by atoms with Crippen LogP contribution in [0.2, 0.25) is 0 Å². The fourth-order valence-corrected chi connectivity index (χ4v) is 8.06. The third-order valence-corrected chi connectivity index (χ3v) is 9.74. The Morgan fingerprint density at radius 2 is 1.48 bits per heavy atom. The SMILES string of the molecule is CC(=O)OC1C2=C(C)C(O)CC(O)(C3OCC4(OC(C)=O)C(O)CC(OC(C)=O)C(C)(C1OC(C)=O)C34)C2(C)C. The van der Waals surface area contributed by atoms with Crippen LogP contribution in [0.25, 0.3) is 0 Å². The summed E-state index contributed by atoms with van der Waals surface area (Å²) in [5.41, 5.74) is -5.68. The van der Waals surface area contributed by atoms with Gasteiger partial charge < -0.3 is 39.0 Å². The minimum absolute atomic E-state index is 0.192. The smallest absolute Gasteiger partial charge is 0.303 e. The molecule has 10 unspecified atom stereocenters. The van der Waals surface area contributed by atoms with Crippen LogP contribution in [0.3, 0.4) is 0 Å². The van der Waals surface area contributed by atoms with Crippen molar-refractivity contribution in [3.8, 4) is 0 Å². The van der Waals surface area contributed by atoms with Crippen molar-refractivity contribution in [3.63, 3.8) is 0 Å². The summed E-state index contributed by atoms with van der Waals surface area (Å²) >= 11 is 0. The van der Waals surface area contributed by atoms with Gasteiger partial charge in [-0.1, -0.05) is 20.8 Å². The van der Waals surface area contributed by atoms with E-state index in [4.69, 9.17) is 23.7 Å². The minimum atomic E-state index is -1.87. The van der Waals surface area contributed by atoms with Crippen LogP contribution in [0, 0.1) is 16.7 Å². The molecule has 3 fully saturated rings. The quantitative estimate of drug-likeness (QED) is 0.247. The molecule has 0 spiro atoms. The standard InChI is InChI=1S/C28H40O12/c1-12-17(33)10-28(35)24-22-26(8,23(39-15(4)31)21(38-14(3)30)20(12)25(28,6)7)19(37-13(2)29)9-18(34)27(22,11-36-24)40-16(5)32/h17-19,21-24,33-35H,9-11H2,1-8H3. The van der Waals surface area contributed by atoms with Gasteiger partial charge in [0, 0.05) is 51.9 Å². The minimum Gasteiger partial charge on any atom is -0.462 e. The molecule has 1 saturated heterocycles. The van der Waals surface area contributed by atoms with Crippen molar-refractivity contribution in [3.05, 3.63) is 11.1 Å². The van der Waals surface area contributed by atoms with Crippen LogP contribution in [0.15, 0.2) is 11.1 Å². The number of carbonyl (C=O) groups is 4. The first kappa shape index (κ1) is 30.4. The van der Waals surface area contributed by atoms with Crippen molar-refractivity contribution in [2.75, 3.05) is 6.61 Å². The lowest BCUT2D eigenvalue weighted by Crippen LogP contribution is -2.76. The summed E-state index contributed by atoms with van der Waals surface area (Å²) < 4.78 is 29.7. The molecule has 4 rings (SSSR count). The van der Waals surface area contributed by atoms with Gasteiger partial charge in [0.25, 0.3) is 0 Å². The van der Waals surface area contributed by atoms with Crippen LogP contribution in [0.4, 0.5) is 0 Å². The largest absolute Gasteiger partial charge is 0.462 e. The Kier molecular flexibility index (Phi) is 7.44. The summed E-state index contributed by atoms with van der Waals surface area (Å²) in [6.45, 7) is 11.1. The molecule has 3 aliphatic carbocycles. The van der Waals surface area contributed by atoms with Gasteiger partial charge in [0.05, 0.1) is 24.2 Å². The Balaban J connectivity index is 2.16. The van der Waals surface area contributed by atoms with E-state index in [-0.39, 0.29) is 19.4 Å². The maximum absolute atomic E-state index is 12.7. The highest BCUT2D eigenvalue weighted by atomic mass is 16.6. The third kappa shape index (κ3) is 4.17. The number of fused-ring (bicyclic) bond motifs is 3. The van der Waals surface area contributed by atoms with E-state index in [1.54, 1.807) is 27.7 Å². The number of rotatable bonds is 4. The number of aliphatic hydroxyl groups is 3. The van der Waals surface area contributed by atoms with E-state index in [1.165, 1.54) is 27.7 Å². The van der Waals surface area contributed by atoms with Gasteiger partial charge in [0.1, 0.15) is 17.8 Å². The number of esters is 4. The number of aliphatic hydroxyl groups excluding tert-OH is 2. The number of hydrogen-bond donors (Lipinski definition) is 3. The van der Waals surface area contributed by atoms with Crippen LogP contribution < -0.4 is 0 Å². The number of carbonyl (C=O) groups excluding carboxylic acids is 4.